The molecule has 0 spiro atoms. The van der Waals surface area contributed by atoms with Gasteiger partial charge in [0.2, 0.25) is 0 Å². The normalized spacial score (nSPS) is 11.4. The number of hydrogen-bond acceptors (Lipinski definition) is 2. The van der Waals surface area contributed by atoms with Crippen LogP contribution in [-0.2, 0) is 18.4 Å². The number of unbranched alkanes of at least 4 members (excludes halogenated alkanes) is 4. The Hall–Kier alpha value is -0.860. The molecule has 0 atom stereocenters. The van der Waals surface area contributed by atoms with E-state index in [2.05, 4.69) is 45.9 Å². The zero-order valence-corrected chi connectivity index (χ0v) is 17.4. The fraction of sp³-hybridized carbons (Fsp3) is 0.739. The van der Waals surface area contributed by atoms with Crippen molar-refractivity contribution in [2.75, 3.05) is 0 Å². The largest absolute Gasteiger partial charge is 0.385 e. The van der Waals surface area contributed by atoms with Crippen LogP contribution in [0.2, 0.25) is 0 Å². The molecule has 0 heterocycles. The quantitative estimate of drug-likeness (QED) is 0.399. The average Bonchev–Trinajstić information content (AvgIpc) is 2.61. The molecular formula is C23H43NO. The first-order valence-electron chi connectivity index (χ1n) is 10.5. The Morgan fingerprint density at radius 1 is 0.760 bits per heavy atom. The second-order valence-electron chi connectivity index (χ2n) is 7.39. The maximum Gasteiger partial charge on any atom is 0.0899 e. The van der Waals surface area contributed by atoms with Gasteiger partial charge in [-0.15, -0.1) is 0 Å². The first kappa shape index (κ1) is 24.1. The van der Waals surface area contributed by atoms with Crippen LogP contribution in [0.3, 0.4) is 0 Å². The molecule has 2 nitrogen and oxygen atoms in total. The molecule has 0 saturated heterocycles. The second-order valence-corrected chi connectivity index (χ2v) is 7.39. The van der Waals surface area contributed by atoms with Crippen molar-refractivity contribution in [3.63, 3.8) is 0 Å². The first-order valence-corrected chi connectivity index (χ1v) is 10.5. The Morgan fingerprint density at radius 3 is 1.80 bits per heavy atom. The molecule has 0 unspecified atom stereocenters. The van der Waals surface area contributed by atoms with Gasteiger partial charge in [0, 0.05) is 0 Å². The van der Waals surface area contributed by atoms with Gasteiger partial charge in [-0.2, -0.15) is 0 Å². The summed E-state index contributed by atoms with van der Waals surface area (Å²) in [6, 6.07) is 6.69. The molecule has 0 amide bonds. The molecule has 0 saturated carbocycles. The molecule has 1 rings (SSSR count). The third-order valence-electron chi connectivity index (χ3n) is 5.24. The van der Waals surface area contributed by atoms with Gasteiger partial charge < -0.3 is 11.3 Å². The summed E-state index contributed by atoms with van der Waals surface area (Å²) in [7, 11) is 0. The highest BCUT2D eigenvalue weighted by Crippen LogP contribution is 2.37. The highest BCUT2D eigenvalue weighted by atomic mass is 16.3. The molecule has 0 radical (unpaired) electrons. The average molecular weight is 350 g/mol. The van der Waals surface area contributed by atoms with Gasteiger partial charge in [0.05, 0.1) is 5.60 Å². The van der Waals surface area contributed by atoms with E-state index in [1.54, 1.807) is 0 Å². The summed E-state index contributed by atoms with van der Waals surface area (Å²) < 4.78 is 0. The van der Waals surface area contributed by atoms with Crippen LogP contribution < -0.4 is 6.15 Å². The molecule has 146 valence electrons. The first-order chi connectivity index (χ1) is 11.6. The standard InChI is InChI=1S/C23H40O.H3N/c1-5-9-14-20-15-13-17-22(21(20)16-10-6-2)23(24,18-11-7-3)19-12-8-4;/h13,15,17,24H,5-12,14,16,18-19H2,1-4H3;1H3. The van der Waals surface area contributed by atoms with Crippen LogP contribution in [0.15, 0.2) is 18.2 Å². The molecule has 0 aliphatic carbocycles. The van der Waals surface area contributed by atoms with Crippen LogP contribution in [0.1, 0.15) is 109 Å². The minimum Gasteiger partial charge on any atom is -0.385 e. The predicted octanol–water partition coefficient (Wildman–Crippen LogP) is 7.10. The fourth-order valence-corrected chi connectivity index (χ4v) is 3.65. The Balaban J connectivity index is 0.00000576. The lowest BCUT2D eigenvalue weighted by molar-refractivity contribution is 0.0132. The number of hydrogen-bond donors (Lipinski definition) is 2. The number of aryl methyl sites for hydroxylation is 1. The third-order valence-corrected chi connectivity index (χ3v) is 5.24. The summed E-state index contributed by atoms with van der Waals surface area (Å²) in [5, 5.41) is 11.6. The van der Waals surface area contributed by atoms with Crippen molar-refractivity contribution < 1.29 is 5.11 Å². The van der Waals surface area contributed by atoms with Gasteiger partial charge in [-0.25, -0.2) is 0 Å². The van der Waals surface area contributed by atoms with E-state index in [4.69, 9.17) is 0 Å². The van der Waals surface area contributed by atoms with E-state index in [9.17, 15) is 5.11 Å². The van der Waals surface area contributed by atoms with Gasteiger partial charge in [0.15, 0.2) is 0 Å². The van der Waals surface area contributed by atoms with Crippen molar-refractivity contribution >= 4 is 0 Å². The van der Waals surface area contributed by atoms with Gasteiger partial charge in [-0.05, 0) is 55.2 Å². The number of rotatable bonds is 13. The lowest BCUT2D eigenvalue weighted by Crippen LogP contribution is -2.28. The maximum absolute atomic E-state index is 11.6. The van der Waals surface area contributed by atoms with Crippen molar-refractivity contribution in [1.29, 1.82) is 0 Å². The monoisotopic (exact) mass is 349 g/mol. The van der Waals surface area contributed by atoms with Crippen LogP contribution >= 0.6 is 0 Å². The highest BCUT2D eigenvalue weighted by molar-refractivity contribution is 5.39. The third kappa shape index (κ3) is 7.50. The van der Waals surface area contributed by atoms with Gasteiger partial charge in [-0.1, -0.05) is 84.4 Å². The molecule has 1 aromatic carbocycles. The minimum atomic E-state index is -0.628. The maximum atomic E-state index is 11.6. The predicted molar refractivity (Wildman–Crippen MR) is 112 cm³/mol. The molecule has 0 bridgehead atoms. The molecular weight excluding hydrogens is 306 g/mol. The Morgan fingerprint density at radius 2 is 1.28 bits per heavy atom. The lowest BCUT2D eigenvalue weighted by Gasteiger charge is -2.32. The Labute approximate surface area is 157 Å². The molecule has 4 N–H and O–H groups in total. The smallest absolute Gasteiger partial charge is 0.0899 e. The molecule has 25 heavy (non-hydrogen) atoms. The van der Waals surface area contributed by atoms with Crippen LogP contribution in [0, 0.1) is 0 Å². The van der Waals surface area contributed by atoms with E-state index in [0.717, 1.165) is 51.4 Å². The number of benzene rings is 1. The molecule has 0 aromatic heterocycles. The highest BCUT2D eigenvalue weighted by Gasteiger charge is 2.30. The van der Waals surface area contributed by atoms with Gasteiger partial charge in [0.1, 0.15) is 0 Å². The summed E-state index contributed by atoms with van der Waals surface area (Å²) in [4.78, 5) is 0. The summed E-state index contributed by atoms with van der Waals surface area (Å²) in [6.45, 7) is 8.95. The van der Waals surface area contributed by atoms with Crippen LogP contribution in [0.5, 0.6) is 0 Å². The molecule has 0 fully saturated rings. The summed E-state index contributed by atoms with van der Waals surface area (Å²) in [6.07, 6.45) is 13.5. The summed E-state index contributed by atoms with van der Waals surface area (Å²) >= 11 is 0. The Kier molecular flexibility index (Phi) is 12.9. The van der Waals surface area contributed by atoms with Crippen molar-refractivity contribution in [1.82, 2.24) is 6.15 Å². The second kappa shape index (κ2) is 13.4. The zero-order chi connectivity index (χ0) is 17.8. The molecule has 0 aliphatic heterocycles. The van der Waals surface area contributed by atoms with E-state index in [0.29, 0.717) is 0 Å². The van der Waals surface area contributed by atoms with Crippen molar-refractivity contribution in [2.24, 2.45) is 0 Å². The van der Waals surface area contributed by atoms with Crippen LogP contribution in [0.4, 0.5) is 0 Å². The van der Waals surface area contributed by atoms with Gasteiger partial charge in [-0.3, -0.25) is 0 Å². The zero-order valence-electron chi connectivity index (χ0n) is 17.4. The molecule has 0 aliphatic rings. The molecule has 2 heteroatoms. The van der Waals surface area contributed by atoms with E-state index in [-0.39, 0.29) is 6.15 Å². The SMILES string of the molecule is CCCCc1cccc(C(O)(CCCC)CCCC)c1CCCC.N. The van der Waals surface area contributed by atoms with Gasteiger partial charge >= 0.3 is 0 Å². The van der Waals surface area contributed by atoms with Crippen LogP contribution in [-0.4, -0.2) is 5.11 Å². The number of aliphatic hydroxyl groups is 1. The lowest BCUT2D eigenvalue weighted by atomic mass is 9.79. The van der Waals surface area contributed by atoms with E-state index < -0.39 is 5.60 Å². The van der Waals surface area contributed by atoms with Crippen molar-refractivity contribution in [3.8, 4) is 0 Å². The van der Waals surface area contributed by atoms with E-state index in [1.807, 2.05) is 0 Å². The van der Waals surface area contributed by atoms with Crippen molar-refractivity contribution in [3.05, 3.63) is 34.9 Å². The Bertz CT molecular complexity index is 447. The van der Waals surface area contributed by atoms with E-state index >= 15 is 0 Å². The van der Waals surface area contributed by atoms with Crippen molar-refractivity contribution in [2.45, 2.75) is 110 Å². The van der Waals surface area contributed by atoms with Crippen LogP contribution in [0.25, 0.3) is 0 Å². The minimum absolute atomic E-state index is 0. The summed E-state index contributed by atoms with van der Waals surface area (Å²) in [5.74, 6) is 0. The summed E-state index contributed by atoms with van der Waals surface area (Å²) in [5.41, 5.74) is 3.56. The fourth-order valence-electron chi connectivity index (χ4n) is 3.65. The topological polar surface area (TPSA) is 55.2 Å². The molecule has 1 aromatic rings. The van der Waals surface area contributed by atoms with E-state index in [1.165, 1.54) is 42.4 Å². The van der Waals surface area contributed by atoms with Gasteiger partial charge in [0.25, 0.3) is 0 Å².